The summed E-state index contributed by atoms with van der Waals surface area (Å²) in [5.41, 5.74) is 7.50. The van der Waals surface area contributed by atoms with Gasteiger partial charge in [0.1, 0.15) is 0 Å². The van der Waals surface area contributed by atoms with Crippen molar-refractivity contribution in [1.82, 2.24) is 0 Å². The number of benzene rings is 1. The van der Waals surface area contributed by atoms with E-state index in [0.717, 1.165) is 31.6 Å². The van der Waals surface area contributed by atoms with E-state index in [1.807, 2.05) is 30.3 Å². The highest BCUT2D eigenvalue weighted by molar-refractivity contribution is 7.86. The van der Waals surface area contributed by atoms with Crippen molar-refractivity contribution in [2.24, 2.45) is 11.7 Å². The molecule has 0 aliphatic carbocycles. The van der Waals surface area contributed by atoms with Crippen LogP contribution in [0.2, 0.25) is 0 Å². The largest absolute Gasteiger partial charge is 0.381 e. The van der Waals surface area contributed by atoms with E-state index < -0.39 is 10.8 Å². The van der Waals surface area contributed by atoms with Crippen LogP contribution >= 0.6 is 0 Å². The van der Waals surface area contributed by atoms with Crippen molar-refractivity contribution in [2.75, 3.05) is 13.2 Å². The molecule has 1 heterocycles. The van der Waals surface area contributed by atoms with Gasteiger partial charge in [0.2, 0.25) is 0 Å². The Labute approximate surface area is 124 Å². The van der Waals surface area contributed by atoms with Crippen LogP contribution in [0.1, 0.15) is 38.3 Å². The number of nitrogens with two attached hydrogens (primary N) is 1. The molecule has 0 aromatic heterocycles. The van der Waals surface area contributed by atoms with Crippen LogP contribution in [-0.4, -0.2) is 27.9 Å². The fourth-order valence-electron chi connectivity index (χ4n) is 2.82. The van der Waals surface area contributed by atoms with Gasteiger partial charge < -0.3 is 10.5 Å². The predicted octanol–water partition coefficient (Wildman–Crippen LogP) is 2.64. The Morgan fingerprint density at radius 1 is 1.20 bits per heavy atom. The highest BCUT2D eigenvalue weighted by atomic mass is 32.2. The van der Waals surface area contributed by atoms with Gasteiger partial charge in [0, 0.05) is 35.3 Å². The Morgan fingerprint density at radius 3 is 2.35 bits per heavy atom. The second-order valence-corrected chi connectivity index (χ2v) is 7.65. The van der Waals surface area contributed by atoms with Crippen molar-refractivity contribution in [1.29, 1.82) is 0 Å². The molecule has 4 heteroatoms. The zero-order valence-electron chi connectivity index (χ0n) is 12.3. The third kappa shape index (κ3) is 3.68. The Hall–Kier alpha value is -0.710. The van der Waals surface area contributed by atoms with Crippen LogP contribution in [0.3, 0.4) is 0 Å². The molecule has 3 nitrogen and oxygen atoms in total. The second kappa shape index (κ2) is 7.34. The van der Waals surface area contributed by atoms with E-state index in [-0.39, 0.29) is 16.5 Å². The van der Waals surface area contributed by atoms with Crippen LogP contribution in [-0.2, 0) is 15.5 Å². The average molecular weight is 295 g/mol. The lowest BCUT2D eigenvalue weighted by atomic mass is 9.97. The molecular weight excluding hydrogens is 270 g/mol. The van der Waals surface area contributed by atoms with Crippen LogP contribution < -0.4 is 5.73 Å². The first kappa shape index (κ1) is 15.7. The third-order valence-electron chi connectivity index (χ3n) is 3.96. The van der Waals surface area contributed by atoms with E-state index >= 15 is 0 Å². The van der Waals surface area contributed by atoms with Gasteiger partial charge in [0.25, 0.3) is 0 Å². The summed E-state index contributed by atoms with van der Waals surface area (Å²) in [6.45, 7) is 5.68. The molecule has 1 aromatic rings. The normalized spacial score (nSPS) is 21.6. The second-order valence-electron chi connectivity index (χ2n) is 5.79. The number of ether oxygens (including phenoxy) is 1. The van der Waals surface area contributed by atoms with Crippen molar-refractivity contribution >= 4 is 10.8 Å². The molecule has 0 spiro atoms. The molecule has 1 saturated heterocycles. The molecule has 2 rings (SSSR count). The van der Waals surface area contributed by atoms with Gasteiger partial charge in [0.15, 0.2) is 0 Å². The topological polar surface area (TPSA) is 52.3 Å². The molecule has 1 aliphatic heterocycles. The van der Waals surface area contributed by atoms with Gasteiger partial charge in [0.05, 0.1) is 5.25 Å². The summed E-state index contributed by atoms with van der Waals surface area (Å²) in [5.74, 6) is 0.300. The molecule has 0 bridgehead atoms. The SMILES string of the molecule is CC(C)C(C(N)c1ccccc1)S(=O)C1CCOCC1. The van der Waals surface area contributed by atoms with Gasteiger partial charge in [-0.1, -0.05) is 44.2 Å². The molecule has 0 radical (unpaired) electrons. The molecule has 1 fully saturated rings. The van der Waals surface area contributed by atoms with E-state index in [0.29, 0.717) is 5.92 Å². The molecule has 0 amide bonds. The minimum Gasteiger partial charge on any atom is -0.381 e. The maximum atomic E-state index is 12.9. The van der Waals surface area contributed by atoms with Gasteiger partial charge in [-0.05, 0) is 24.3 Å². The van der Waals surface area contributed by atoms with Gasteiger partial charge >= 0.3 is 0 Å². The first-order valence-electron chi connectivity index (χ1n) is 7.39. The van der Waals surface area contributed by atoms with E-state index in [2.05, 4.69) is 13.8 Å². The monoisotopic (exact) mass is 295 g/mol. The summed E-state index contributed by atoms with van der Waals surface area (Å²) in [6.07, 6.45) is 1.77. The lowest BCUT2D eigenvalue weighted by Gasteiger charge is -2.32. The molecule has 3 unspecified atom stereocenters. The summed E-state index contributed by atoms with van der Waals surface area (Å²) in [4.78, 5) is 0. The first-order chi connectivity index (χ1) is 9.61. The van der Waals surface area contributed by atoms with Crippen molar-refractivity contribution in [3.63, 3.8) is 0 Å². The Bertz CT molecular complexity index is 429. The summed E-state index contributed by atoms with van der Waals surface area (Å²) in [5, 5.41) is 0.228. The first-order valence-corrected chi connectivity index (χ1v) is 8.66. The Balaban J connectivity index is 2.15. The molecular formula is C16H25NO2S. The van der Waals surface area contributed by atoms with E-state index in [9.17, 15) is 4.21 Å². The van der Waals surface area contributed by atoms with Crippen LogP contribution in [0.4, 0.5) is 0 Å². The van der Waals surface area contributed by atoms with Crippen molar-refractivity contribution < 1.29 is 8.95 Å². The molecule has 2 N–H and O–H groups in total. The zero-order chi connectivity index (χ0) is 14.5. The highest BCUT2D eigenvalue weighted by Gasteiger charge is 2.33. The maximum absolute atomic E-state index is 12.9. The lowest BCUT2D eigenvalue weighted by molar-refractivity contribution is 0.0989. The summed E-state index contributed by atoms with van der Waals surface area (Å²) < 4.78 is 18.3. The van der Waals surface area contributed by atoms with Crippen LogP contribution in [0, 0.1) is 5.92 Å². The molecule has 20 heavy (non-hydrogen) atoms. The van der Waals surface area contributed by atoms with E-state index in [1.54, 1.807) is 0 Å². The summed E-state index contributed by atoms with van der Waals surface area (Å²) in [6, 6.07) is 9.85. The van der Waals surface area contributed by atoms with Crippen molar-refractivity contribution in [3.05, 3.63) is 35.9 Å². The Morgan fingerprint density at radius 2 is 1.80 bits per heavy atom. The highest BCUT2D eigenvalue weighted by Crippen LogP contribution is 2.28. The van der Waals surface area contributed by atoms with Crippen LogP contribution in [0.5, 0.6) is 0 Å². The molecule has 1 aliphatic rings. The number of hydrogen-bond donors (Lipinski definition) is 1. The summed E-state index contributed by atoms with van der Waals surface area (Å²) >= 11 is 0. The number of hydrogen-bond acceptors (Lipinski definition) is 3. The van der Waals surface area contributed by atoms with Crippen molar-refractivity contribution in [2.45, 2.75) is 43.2 Å². The van der Waals surface area contributed by atoms with Gasteiger partial charge in [-0.2, -0.15) is 0 Å². The summed E-state index contributed by atoms with van der Waals surface area (Å²) in [7, 11) is -0.910. The fraction of sp³-hybridized carbons (Fsp3) is 0.625. The minimum absolute atomic E-state index is 0.000463. The van der Waals surface area contributed by atoms with Gasteiger partial charge in [-0.15, -0.1) is 0 Å². The van der Waals surface area contributed by atoms with Crippen LogP contribution in [0.15, 0.2) is 30.3 Å². The van der Waals surface area contributed by atoms with E-state index in [4.69, 9.17) is 10.5 Å². The lowest BCUT2D eigenvalue weighted by Crippen LogP contribution is -2.40. The minimum atomic E-state index is -0.910. The number of rotatable bonds is 5. The van der Waals surface area contributed by atoms with Crippen LogP contribution in [0.25, 0.3) is 0 Å². The molecule has 0 saturated carbocycles. The average Bonchev–Trinajstić information content (AvgIpc) is 2.48. The predicted molar refractivity (Wildman–Crippen MR) is 84.0 cm³/mol. The zero-order valence-corrected chi connectivity index (χ0v) is 13.1. The standard InChI is InChI=1S/C16H25NO2S/c1-12(2)16(15(17)13-6-4-3-5-7-13)20(18)14-8-10-19-11-9-14/h3-7,12,14-16H,8-11,17H2,1-2H3. The van der Waals surface area contributed by atoms with E-state index in [1.165, 1.54) is 0 Å². The molecule has 112 valence electrons. The fourth-order valence-corrected chi connectivity index (χ4v) is 4.91. The van der Waals surface area contributed by atoms with Gasteiger partial charge in [-0.3, -0.25) is 4.21 Å². The maximum Gasteiger partial charge on any atom is 0.0566 e. The Kier molecular flexibility index (Phi) is 5.75. The quantitative estimate of drug-likeness (QED) is 0.908. The third-order valence-corrected chi connectivity index (χ3v) is 6.46. The van der Waals surface area contributed by atoms with Crippen molar-refractivity contribution in [3.8, 4) is 0 Å². The smallest absolute Gasteiger partial charge is 0.0566 e. The van der Waals surface area contributed by atoms with Gasteiger partial charge in [-0.25, -0.2) is 0 Å². The molecule has 1 aromatic carbocycles. The molecule has 3 atom stereocenters.